The van der Waals surface area contributed by atoms with Crippen LogP contribution < -0.4 is 0 Å². The van der Waals surface area contributed by atoms with E-state index in [0.29, 0.717) is 6.54 Å². The molecule has 0 aliphatic carbocycles. The van der Waals surface area contributed by atoms with E-state index in [1.807, 2.05) is 37.3 Å². The van der Waals surface area contributed by atoms with Crippen LogP contribution in [0.15, 0.2) is 30.3 Å². The summed E-state index contributed by atoms with van der Waals surface area (Å²) in [6.07, 6.45) is -0.418. The SMILES string of the molecule is CCOC(=O)[C@@H]1C[C@@H](OC(=O)C(C)(C)C)[C@H](C)N(Cc2ccccc2)C1=O. The highest BCUT2D eigenvalue weighted by molar-refractivity contribution is 5.98. The van der Waals surface area contributed by atoms with E-state index in [-0.39, 0.29) is 30.9 Å². The van der Waals surface area contributed by atoms with Crippen LogP contribution in [0.1, 0.15) is 46.6 Å². The third-order valence-corrected chi connectivity index (χ3v) is 4.72. The summed E-state index contributed by atoms with van der Waals surface area (Å²) in [7, 11) is 0. The van der Waals surface area contributed by atoms with Gasteiger partial charge in [-0.1, -0.05) is 30.3 Å². The van der Waals surface area contributed by atoms with Gasteiger partial charge in [-0.3, -0.25) is 14.4 Å². The van der Waals surface area contributed by atoms with Gasteiger partial charge in [0.05, 0.1) is 18.1 Å². The molecule has 2 rings (SSSR count). The van der Waals surface area contributed by atoms with E-state index in [1.165, 1.54) is 0 Å². The van der Waals surface area contributed by atoms with E-state index in [9.17, 15) is 14.4 Å². The Kier molecular flexibility index (Phi) is 6.63. The molecule has 0 spiro atoms. The number of carbonyl (C=O) groups is 3. The molecule has 0 aromatic heterocycles. The topological polar surface area (TPSA) is 72.9 Å². The summed E-state index contributed by atoms with van der Waals surface area (Å²) in [5, 5.41) is 0. The third kappa shape index (κ3) is 5.08. The Labute approximate surface area is 160 Å². The first kappa shape index (κ1) is 20.9. The lowest BCUT2D eigenvalue weighted by Crippen LogP contribution is -2.56. The van der Waals surface area contributed by atoms with Gasteiger partial charge >= 0.3 is 11.9 Å². The molecule has 1 heterocycles. The first-order valence-corrected chi connectivity index (χ1v) is 9.37. The van der Waals surface area contributed by atoms with Crippen molar-refractivity contribution >= 4 is 17.8 Å². The van der Waals surface area contributed by atoms with Gasteiger partial charge in [-0.2, -0.15) is 0 Å². The van der Waals surface area contributed by atoms with Crippen molar-refractivity contribution < 1.29 is 23.9 Å². The third-order valence-electron chi connectivity index (χ3n) is 4.72. The van der Waals surface area contributed by atoms with Gasteiger partial charge in [-0.25, -0.2) is 0 Å². The number of ether oxygens (including phenoxy) is 2. The van der Waals surface area contributed by atoms with Crippen molar-refractivity contribution in [3.05, 3.63) is 35.9 Å². The summed E-state index contributed by atoms with van der Waals surface area (Å²) in [6.45, 7) is 9.43. The van der Waals surface area contributed by atoms with E-state index < -0.39 is 23.4 Å². The predicted molar refractivity (Wildman–Crippen MR) is 101 cm³/mol. The number of carbonyl (C=O) groups excluding carboxylic acids is 3. The van der Waals surface area contributed by atoms with Crippen LogP contribution in [0.25, 0.3) is 0 Å². The Hall–Kier alpha value is -2.37. The zero-order chi connectivity index (χ0) is 20.2. The summed E-state index contributed by atoms with van der Waals surface area (Å²) in [5.74, 6) is -2.16. The van der Waals surface area contributed by atoms with Gasteiger partial charge in [0.2, 0.25) is 5.91 Å². The number of esters is 2. The van der Waals surface area contributed by atoms with Gasteiger partial charge in [0, 0.05) is 13.0 Å². The Morgan fingerprint density at radius 1 is 1.19 bits per heavy atom. The monoisotopic (exact) mass is 375 g/mol. The van der Waals surface area contributed by atoms with Crippen LogP contribution in [-0.2, 0) is 30.4 Å². The van der Waals surface area contributed by atoms with Crippen LogP contribution in [-0.4, -0.2) is 41.5 Å². The molecule has 0 unspecified atom stereocenters. The number of likely N-dealkylation sites (tertiary alicyclic amines) is 1. The summed E-state index contributed by atoms with van der Waals surface area (Å²) < 4.78 is 10.8. The molecule has 0 N–H and O–H groups in total. The van der Waals surface area contributed by atoms with E-state index in [2.05, 4.69) is 0 Å². The normalized spacial score (nSPS) is 23.1. The van der Waals surface area contributed by atoms with Crippen molar-refractivity contribution in [1.82, 2.24) is 4.90 Å². The molecule has 6 nitrogen and oxygen atoms in total. The second kappa shape index (κ2) is 8.55. The Bertz CT molecular complexity index is 680. The highest BCUT2D eigenvalue weighted by Crippen LogP contribution is 2.30. The molecule has 148 valence electrons. The molecule has 1 aromatic rings. The van der Waals surface area contributed by atoms with Crippen molar-refractivity contribution in [3.63, 3.8) is 0 Å². The lowest BCUT2D eigenvalue weighted by atomic mass is 9.89. The average molecular weight is 375 g/mol. The Balaban J connectivity index is 2.27. The molecule has 0 bridgehead atoms. The number of hydrogen-bond donors (Lipinski definition) is 0. The number of amides is 1. The fourth-order valence-corrected chi connectivity index (χ4v) is 3.03. The Morgan fingerprint density at radius 2 is 1.81 bits per heavy atom. The van der Waals surface area contributed by atoms with Crippen LogP contribution in [0, 0.1) is 11.3 Å². The molecule has 3 atom stereocenters. The fourth-order valence-electron chi connectivity index (χ4n) is 3.03. The second-order valence-electron chi connectivity index (χ2n) is 7.93. The predicted octanol–water partition coefficient (Wildman–Crippen LogP) is 2.94. The number of hydrogen-bond acceptors (Lipinski definition) is 5. The molecule has 0 radical (unpaired) electrons. The smallest absolute Gasteiger partial charge is 0.318 e. The number of piperidine rings is 1. The standard InChI is InChI=1S/C21H29NO5/c1-6-26-19(24)16-12-17(27-20(25)21(3,4)5)14(2)22(18(16)23)13-15-10-8-7-9-11-15/h7-11,14,16-17H,6,12-13H2,1-5H3/t14-,16+,17+/m0/s1. The lowest BCUT2D eigenvalue weighted by Gasteiger charge is -2.42. The summed E-state index contributed by atoms with van der Waals surface area (Å²) in [6, 6.07) is 9.20. The minimum atomic E-state index is -0.956. The van der Waals surface area contributed by atoms with Gasteiger partial charge in [-0.05, 0) is 40.2 Å². The second-order valence-corrected chi connectivity index (χ2v) is 7.93. The average Bonchev–Trinajstić information content (AvgIpc) is 2.61. The molecule has 1 aromatic carbocycles. The maximum atomic E-state index is 13.0. The molecule has 0 saturated carbocycles. The molecule has 6 heteroatoms. The summed E-state index contributed by atoms with van der Waals surface area (Å²) in [4.78, 5) is 39.3. The van der Waals surface area contributed by atoms with Crippen LogP contribution in [0.5, 0.6) is 0 Å². The molecule has 27 heavy (non-hydrogen) atoms. The first-order chi connectivity index (χ1) is 12.6. The maximum Gasteiger partial charge on any atom is 0.318 e. The van der Waals surface area contributed by atoms with Crippen LogP contribution in [0.3, 0.4) is 0 Å². The maximum absolute atomic E-state index is 13.0. The van der Waals surface area contributed by atoms with Crippen LogP contribution >= 0.6 is 0 Å². The molecule has 1 aliphatic rings. The zero-order valence-corrected chi connectivity index (χ0v) is 16.7. The molecule has 1 aliphatic heterocycles. The van der Waals surface area contributed by atoms with Crippen molar-refractivity contribution in [1.29, 1.82) is 0 Å². The number of rotatable bonds is 5. The Morgan fingerprint density at radius 3 is 2.37 bits per heavy atom. The zero-order valence-electron chi connectivity index (χ0n) is 16.7. The number of nitrogens with zero attached hydrogens (tertiary/aromatic N) is 1. The fraction of sp³-hybridized carbons (Fsp3) is 0.571. The van der Waals surface area contributed by atoms with Crippen molar-refractivity contribution in [2.75, 3.05) is 6.61 Å². The molecular weight excluding hydrogens is 346 g/mol. The van der Waals surface area contributed by atoms with Crippen LogP contribution in [0.2, 0.25) is 0 Å². The summed E-state index contributed by atoms with van der Waals surface area (Å²) >= 11 is 0. The van der Waals surface area contributed by atoms with Crippen LogP contribution in [0.4, 0.5) is 0 Å². The first-order valence-electron chi connectivity index (χ1n) is 9.37. The van der Waals surface area contributed by atoms with Crippen molar-refractivity contribution in [2.45, 2.75) is 59.7 Å². The van der Waals surface area contributed by atoms with Gasteiger partial charge in [0.1, 0.15) is 12.0 Å². The largest absolute Gasteiger partial charge is 0.465 e. The van der Waals surface area contributed by atoms with Gasteiger partial charge in [0.15, 0.2) is 0 Å². The molecular formula is C21H29NO5. The number of benzene rings is 1. The molecule has 1 saturated heterocycles. The summed E-state index contributed by atoms with van der Waals surface area (Å²) in [5.41, 5.74) is 0.285. The minimum absolute atomic E-state index is 0.145. The van der Waals surface area contributed by atoms with Gasteiger partial charge < -0.3 is 14.4 Å². The highest BCUT2D eigenvalue weighted by atomic mass is 16.5. The van der Waals surface area contributed by atoms with E-state index in [1.54, 1.807) is 32.6 Å². The quantitative estimate of drug-likeness (QED) is 0.584. The van der Waals surface area contributed by atoms with Gasteiger partial charge in [0.25, 0.3) is 0 Å². The van der Waals surface area contributed by atoms with Gasteiger partial charge in [-0.15, -0.1) is 0 Å². The van der Waals surface area contributed by atoms with E-state index >= 15 is 0 Å². The van der Waals surface area contributed by atoms with Crippen molar-refractivity contribution in [3.8, 4) is 0 Å². The van der Waals surface area contributed by atoms with E-state index in [0.717, 1.165) is 5.56 Å². The molecule has 1 fully saturated rings. The van der Waals surface area contributed by atoms with Crippen molar-refractivity contribution in [2.24, 2.45) is 11.3 Å². The molecule has 1 amide bonds. The lowest BCUT2D eigenvalue weighted by molar-refractivity contribution is -0.177. The highest BCUT2D eigenvalue weighted by Gasteiger charge is 2.46. The van der Waals surface area contributed by atoms with E-state index in [4.69, 9.17) is 9.47 Å². The minimum Gasteiger partial charge on any atom is -0.465 e.